The number of thiophene rings is 1. The predicted octanol–water partition coefficient (Wildman–Crippen LogP) is 5.47. The summed E-state index contributed by atoms with van der Waals surface area (Å²) < 4.78 is 7.09. The molecule has 0 atom stereocenters. The van der Waals surface area contributed by atoms with Crippen LogP contribution in [0.25, 0.3) is 16.0 Å². The third-order valence-corrected chi connectivity index (χ3v) is 5.73. The van der Waals surface area contributed by atoms with Crippen molar-refractivity contribution < 1.29 is 9.53 Å². The maximum Gasteiger partial charge on any atom is 0.347 e. The smallest absolute Gasteiger partial charge is 0.347 e. The van der Waals surface area contributed by atoms with E-state index in [4.69, 9.17) is 11.3 Å². The Hall–Kier alpha value is -1.04. The van der Waals surface area contributed by atoms with Crippen molar-refractivity contribution in [3.63, 3.8) is 0 Å². The van der Waals surface area contributed by atoms with Gasteiger partial charge in [0.1, 0.15) is 4.88 Å². The number of nitrogens with zero attached hydrogens (tertiary/aromatic N) is 1. The van der Waals surface area contributed by atoms with Crippen molar-refractivity contribution in [3.05, 3.63) is 44.1 Å². The summed E-state index contributed by atoms with van der Waals surface area (Å²) >= 11 is 5.04. The molecule has 0 amide bonds. The third-order valence-electron chi connectivity index (χ3n) is 2.74. The van der Waals surface area contributed by atoms with Gasteiger partial charge in [0, 0.05) is 9.13 Å². The van der Waals surface area contributed by atoms with E-state index in [-0.39, 0.29) is 5.97 Å². The lowest BCUT2D eigenvalue weighted by Crippen LogP contribution is -2.03. The second-order valence-electron chi connectivity index (χ2n) is 3.99. The van der Waals surface area contributed by atoms with E-state index in [1.807, 2.05) is 30.5 Å². The zero-order valence-corrected chi connectivity index (χ0v) is 15.3. The van der Waals surface area contributed by atoms with E-state index in [1.165, 1.54) is 23.1 Å². The van der Waals surface area contributed by atoms with Gasteiger partial charge in [-0.25, -0.2) is 9.64 Å². The number of ether oxygens (including phenoxy) is 1. The summed E-state index contributed by atoms with van der Waals surface area (Å²) in [7, 11) is 0. The normalized spacial score (nSPS) is 10.2. The van der Waals surface area contributed by atoms with Crippen LogP contribution in [-0.4, -0.2) is 18.8 Å². The molecule has 1 aromatic heterocycles. The number of rotatable bonds is 4. The van der Waals surface area contributed by atoms with Crippen LogP contribution >= 0.6 is 45.7 Å². The molecule has 6 heteroatoms. The molecule has 0 saturated heterocycles. The van der Waals surface area contributed by atoms with Crippen LogP contribution in [0.15, 0.2) is 28.5 Å². The Bertz CT molecular complexity index is 702. The predicted molar refractivity (Wildman–Crippen MR) is 96.5 cm³/mol. The van der Waals surface area contributed by atoms with Crippen LogP contribution in [0.3, 0.4) is 0 Å². The Balaban J connectivity index is 2.66. The summed E-state index contributed by atoms with van der Waals surface area (Å²) in [6.45, 7) is 9.54. The molecule has 1 heterocycles. The van der Waals surface area contributed by atoms with Crippen LogP contribution in [0.2, 0.25) is 0 Å². The summed E-state index contributed by atoms with van der Waals surface area (Å²) in [5.41, 5.74) is 2.10. The first-order valence-electron chi connectivity index (χ1n) is 6.13. The molecule has 3 nitrogen and oxygen atoms in total. The Labute approximate surface area is 145 Å². The fourth-order valence-electron chi connectivity index (χ4n) is 1.87. The molecular weight excluding hydrogens is 417 g/mol. The molecule has 0 spiro atoms. The van der Waals surface area contributed by atoms with Crippen molar-refractivity contribution in [2.75, 3.05) is 12.9 Å². The van der Waals surface area contributed by atoms with E-state index < -0.39 is 0 Å². The lowest BCUT2D eigenvalue weighted by Gasteiger charge is -2.05. The number of benzene rings is 1. The van der Waals surface area contributed by atoms with Gasteiger partial charge >= 0.3 is 5.97 Å². The molecule has 0 N–H and O–H groups in total. The SMILES string of the molecule is [C-]#[N+]c1c(SC)sc(C(=O)OCC)c1-c1ccc(I)cc1. The molecule has 0 unspecified atom stereocenters. The number of carbonyl (C=O) groups is 1. The minimum atomic E-state index is -0.360. The molecule has 0 aliphatic rings. The van der Waals surface area contributed by atoms with E-state index >= 15 is 0 Å². The summed E-state index contributed by atoms with van der Waals surface area (Å²) in [5, 5.41) is 0. The minimum Gasteiger partial charge on any atom is -0.462 e. The van der Waals surface area contributed by atoms with E-state index in [0.29, 0.717) is 22.7 Å². The van der Waals surface area contributed by atoms with Crippen LogP contribution in [0.5, 0.6) is 0 Å². The minimum absolute atomic E-state index is 0.324. The summed E-state index contributed by atoms with van der Waals surface area (Å²) in [5.74, 6) is -0.360. The highest BCUT2D eigenvalue weighted by Gasteiger charge is 2.24. The zero-order valence-electron chi connectivity index (χ0n) is 11.5. The van der Waals surface area contributed by atoms with Crippen molar-refractivity contribution in [3.8, 4) is 11.1 Å². The molecule has 0 radical (unpaired) electrons. The highest BCUT2D eigenvalue weighted by molar-refractivity contribution is 14.1. The number of carbonyl (C=O) groups excluding carboxylic acids is 1. The maximum atomic E-state index is 12.2. The monoisotopic (exact) mass is 429 g/mol. The molecule has 0 aliphatic carbocycles. The van der Waals surface area contributed by atoms with Crippen LogP contribution in [0.4, 0.5) is 5.69 Å². The van der Waals surface area contributed by atoms with Gasteiger partial charge in [0.25, 0.3) is 0 Å². The van der Waals surface area contributed by atoms with Gasteiger partial charge in [-0.15, -0.1) is 23.1 Å². The van der Waals surface area contributed by atoms with Crippen LogP contribution in [0.1, 0.15) is 16.6 Å². The molecule has 0 aliphatic heterocycles. The van der Waals surface area contributed by atoms with Gasteiger partial charge in [-0.05, 0) is 53.5 Å². The lowest BCUT2D eigenvalue weighted by molar-refractivity contribution is 0.0533. The zero-order chi connectivity index (χ0) is 15.4. The fourth-order valence-corrected chi connectivity index (χ4v) is 4.04. The summed E-state index contributed by atoms with van der Waals surface area (Å²) in [4.78, 5) is 16.3. The molecule has 108 valence electrons. The van der Waals surface area contributed by atoms with Crippen LogP contribution in [-0.2, 0) is 4.74 Å². The molecule has 0 saturated carbocycles. The molecule has 0 bridgehead atoms. The Morgan fingerprint density at radius 1 is 1.43 bits per heavy atom. The standard InChI is InChI=1S/C15H12INO2S2/c1-4-19-14(18)13-11(9-5-7-10(16)8-6-9)12(17-2)15(20-3)21-13/h5-8H,4H2,1,3H3. The first-order valence-corrected chi connectivity index (χ1v) is 9.25. The van der Waals surface area contributed by atoms with Gasteiger partial charge in [-0.3, -0.25) is 0 Å². The third kappa shape index (κ3) is 3.42. The van der Waals surface area contributed by atoms with E-state index in [2.05, 4.69) is 27.4 Å². The highest BCUT2D eigenvalue weighted by atomic mass is 127. The highest BCUT2D eigenvalue weighted by Crippen LogP contribution is 2.47. The Morgan fingerprint density at radius 2 is 2.10 bits per heavy atom. The van der Waals surface area contributed by atoms with Gasteiger partial charge in [-0.1, -0.05) is 12.1 Å². The second kappa shape index (κ2) is 7.29. The first-order chi connectivity index (χ1) is 10.1. The summed E-state index contributed by atoms with van der Waals surface area (Å²) in [6, 6.07) is 7.81. The van der Waals surface area contributed by atoms with Gasteiger partial charge in [0.15, 0.2) is 0 Å². The van der Waals surface area contributed by atoms with Gasteiger partial charge in [-0.2, -0.15) is 0 Å². The molecule has 2 aromatic rings. The number of hydrogen-bond donors (Lipinski definition) is 0. The Kier molecular flexibility index (Phi) is 5.67. The average molecular weight is 429 g/mol. The molecule has 0 fully saturated rings. The number of esters is 1. The van der Waals surface area contributed by atoms with Gasteiger partial charge in [0.05, 0.1) is 17.4 Å². The van der Waals surface area contributed by atoms with Crippen molar-refractivity contribution in [1.82, 2.24) is 0 Å². The molecule has 2 rings (SSSR count). The molecular formula is C15H12INO2S2. The quantitative estimate of drug-likeness (QED) is 0.280. The van der Waals surface area contributed by atoms with E-state index in [9.17, 15) is 4.79 Å². The van der Waals surface area contributed by atoms with Crippen molar-refractivity contribution in [2.24, 2.45) is 0 Å². The molecule has 21 heavy (non-hydrogen) atoms. The summed E-state index contributed by atoms with van der Waals surface area (Å²) in [6.07, 6.45) is 1.91. The lowest BCUT2D eigenvalue weighted by atomic mass is 10.1. The van der Waals surface area contributed by atoms with Crippen molar-refractivity contribution in [1.29, 1.82) is 0 Å². The van der Waals surface area contributed by atoms with Gasteiger partial charge in [0.2, 0.25) is 5.69 Å². The van der Waals surface area contributed by atoms with Gasteiger partial charge < -0.3 is 4.74 Å². The second-order valence-corrected chi connectivity index (χ2v) is 7.33. The van der Waals surface area contributed by atoms with Crippen LogP contribution in [0, 0.1) is 10.1 Å². The van der Waals surface area contributed by atoms with E-state index in [0.717, 1.165) is 13.3 Å². The average Bonchev–Trinajstić information content (AvgIpc) is 2.87. The van der Waals surface area contributed by atoms with E-state index in [1.54, 1.807) is 6.92 Å². The largest absolute Gasteiger partial charge is 0.462 e. The number of thioether (sulfide) groups is 1. The van der Waals surface area contributed by atoms with Crippen LogP contribution < -0.4 is 0 Å². The van der Waals surface area contributed by atoms with Crippen molar-refractivity contribution in [2.45, 2.75) is 11.1 Å². The fraction of sp³-hybridized carbons (Fsp3) is 0.200. The Morgan fingerprint density at radius 3 is 2.62 bits per heavy atom. The van der Waals surface area contributed by atoms with Crippen molar-refractivity contribution >= 4 is 57.3 Å². The number of hydrogen-bond acceptors (Lipinski definition) is 4. The topological polar surface area (TPSA) is 30.7 Å². The maximum absolute atomic E-state index is 12.2. The number of halogens is 1. The molecule has 1 aromatic carbocycles. The first kappa shape index (κ1) is 16.3.